The zero-order valence-corrected chi connectivity index (χ0v) is 16.9. The van der Waals surface area contributed by atoms with Crippen LogP contribution in [0.25, 0.3) is 11.0 Å². The molecule has 2 heterocycles. The summed E-state index contributed by atoms with van der Waals surface area (Å²) in [5.74, 6) is 1.20. The molecule has 0 radical (unpaired) electrons. The Morgan fingerprint density at radius 2 is 2.14 bits per heavy atom. The Balaban J connectivity index is 1.64. The number of fused-ring (bicyclic) bond motifs is 1. The summed E-state index contributed by atoms with van der Waals surface area (Å²) in [4.78, 5) is 19.9. The van der Waals surface area contributed by atoms with Crippen LogP contribution in [0.2, 0.25) is 5.02 Å². The SMILES string of the molecule is CN(c1ncc2ncnc(Nc3ccc(F)c(Cl)c3)c2n1)C1CCCC(CN)C1. The molecule has 7 nitrogen and oxygen atoms in total. The zero-order chi connectivity index (χ0) is 20.4. The van der Waals surface area contributed by atoms with Gasteiger partial charge in [0.05, 0.1) is 11.2 Å². The van der Waals surface area contributed by atoms with Gasteiger partial charge < -0.3 is 16.0 Å². The molecule has 3 aromatic rings. The first-order chi connectivity index (χ1) is 14.0. The maximum atomic E-state index is 13.4. The van der Waals surface area contributed by atoms with Crippen LogP contribution in [0.15, 0.2) is 30.7 Å². The highest BCUT2D eigenvalue weighted by molar-refractivity contribution is 6.31. The van der Waals surface area contributed by atoms with E-state index in [-0.39, 0.29) is 5.02 Å². The smallest absolute Gasteiger partial charge is 0.226 e. The first-order valence-corrected chi connectivity index (χ1v) is 10.1. The average Bonchev–Trinajstić information content (AvgIpc) is 2.76. The summed E-state index contributed by atoms with van der Waals surface area (Å²) in [7, 11) is 2.02. The second kappa shape index (κ2) is 8.42. The molecule has 29 heavy (non-hydrogen) atoms. The Kier molecular flexibility index (Phi) is 5.73. The molecule has 0 bridgehead atoms. The van der Waals surface area contributed by atoms with Gasteiger partial charge in [0.2, 0.25) is 5.95 Å². The number of nitrogens with two attached hydrogens (primary N) is 1. The van der Waals surface area contributed by atoms with Crippen LogP contribution in [0.4, 0.5) is 21.8 Å². The molecule has 2 unspecified atom stereocenters. The standard InChI is InChI=1S/C20H23ClFN7/c1-29(14-4-2-3-12(7-14)9-23)20-24-10-17-18(28-20)19(26-11-25-17)27-13-5-6-16(22)15(21)8-13/h5-6,8,10-12,14H,2-4,7,9,23H2,1H3,(H,25,26,27). The number of benzene rings is 1. The number of nitrogens with zero attached hydrogens (tertiary/aromatic N) is 5. The third-order valence-electron chi connectivity index (χ3n) is 5.50. The third kappa shape index (κ3) is 4.23. The van der Waals surface area contributed by atoms with Crippen LogP contribution in [-0.2, 0) is 0 Å². The van der Waals surface area contributed by atoms with E-state index in [4.69, 9.17) is 22.3 Å². The van der Waals surface area contributed by atoms with Crippen molar-refractivity contribution in [3.8, 4) is 0 Å². The lowest BCUT2D eigenvalue weighted by Crippen LogP contribution is -2.38. The monoisotopic (exact) mass is 415 g/mol. The van der Waals surface area contributed by atoms with E-state index in [1.165, 1.54) is 24.9 Å². The van der Waals surface area contributed by atoms with Gasteiger partial charge in [0.1, 0.15) is 23.2 Å². The van der Waals surface area contributed by atoms with Crippen LogP contribution in [0.3, 0.4) is 0 Å². The summed E-state index contributed by atoms with van der Waals surface area (Å²) >= 11 is 5.89. The van der Waals surface area contributed by atoms with E-state index in [2.05, 4.69) is 25.2 Å². The molecule has 0 spiro atoms. The van der Waals surface area contributed by atoms with Gasteiger partial charge in [0, 0.05) is 18.8 Å². The Bertz CT molecular complexity index is 1020. The van der Waals surface area contributed by atoms with E-state index < -0.39 is 5.82 Å². The lowest BCUT2D eigenvalue weighted by atomic mass is 9.85. The zero-order valence-electron chi connectivity index (χ0n) is 16.1. The number of aromatic nitrogens is 4. The Hall–Kier alpha value is -2.58. The quantitative estimate of drug-likeness (QED) is 0.652. The van der Waals surface area contributed by atoms with Crippen molar-refractivity contribution in [2.75, 3.05) is 23.8 Å². The van der Waals surface area contributed by atoms with E-state index in [0.29, 0.717) is 47.0 Å². The van der Waals surface area contributed by atoms with Crippen molar-refractivity contribution in [2.24, 2.45) is 11.7 Å². The van der Waals surface area contributed by atoms with Gasteiger partial charge in [-0.15, -0.1) is 0 Å². The van der Waals surface area contributed by atoms with Gasteiger partial charge in [-0.05, 0) is 49.9 Å². The molecule has 1 fully saturated rings. The molecule has 0 aliphatic heterocycles. The molecule has 0 saturated heterocycles. The average molecular weight is 416 g/mol. The lowest BCUT2D eigenvalue weighted by molar-refractivity contribution is 0.320. The second-order valence-corrected chi connectivity index (χ2v) is 7.82. The molecule has 4 rings (SSSR count). The van der Waals surface area contributed by atoms with Crippen molar-refractivity contribution < 1.29 is 4.39 Å². The number of halogens is 2. The molecular formula is C20H23ClFN7. The summed E-state index contributed by atoms with van der Waals surface area (Å²) < 4.78 is 13.4. The van der Waals surface area contributed by atoms with Crippen LogP contribution in [0.5, 0.6) is 0 Å². The Morgan fingerprint density at radius 3 is 2.93 bits per heavy atom. The number of hydrogen-bond acceptors (Lipinski definition) is 7. The maximum Gasteiger partial charge on any atom is 0.226 e. The molecule has 1 saturated carbocycles. The van der Waals surface area contributed by atoms with Crippen molar-refractivity contribution in [1.82, 2.24) is 19.9 Å². The maximum absolute atomic E-state index is 13.4. The highest BCUT2D eigenvalue weighted by atomic mass is 35.5. The van der Waals surface area contributed by atoms with Gasteiger partial charge in [-0.2, -0.15) is 0 Å². The molecule has 2 atom stereocenters. The number of rotatable bonds is 5. The van der Waals surface area contributed by atoms with Gasteiger partial charge >= 0.3 is 0 Å². The summed E-state index contributed by atoms with van der Waals surface area (Å²) in [6, 6.07) is 4.76. The minimum Gasteiger partial charge on any atom is -0.341 e. The van der Waals surface area contributed by atoms with Crippen LogP contribution >= 0.6 is 11.6 Å². The van der Waals surface area contributed by atoms with Gasteiger partial charge in [-0.3, -0.25) is 0 Å². The Morgan fingerprint density at radius 1 is 1.28 bits per heavy atom. The van der Waals surface area contributed by atoms with Crippen LogP contribution in [-0.4, -0.2) is 39.6 Å². The fraction of sp³-hybridized carbons (Fsp3) is 0.400. The van der Waals surface area contributed by atoms with E-state index in [0.717, 1.165) is 19.3 Å². The molecular weight excluding hydrogens is 393 g/mol. The first-order valence-electron chi connectivity index (χ1n) is 9.68. The molecule has 2 aromatic heterocycles. The summed E-state index contributed by atoms with van der Waals surface area (Å²) in [5.41, 5.74) is 7.71. The van der Waals surface area contributed by atoms with Crippen LogP contribution < -0.4 is 16.0 Å². The van der Waals surface area contributed by atoms with Crippen molar-refractivity contribution in [2.45, 2.75) is 31.7 Å². The second-order valence-electron chi connectivity index (χ2n) is 7.41. The van der Waals surface area contributed by atoms with Crippen molar-refractivity contribution in [3.05, 3.63) is 41.6 Å². The van der Waals surface area contributed by atoms with Crippen molar-refractivity contribution in [3.63, 3.8) is 0 Å². The van der Waals surface area contributed by atoms with E-state index in [9.17, 15) is 4.39 Å². The predicted molar refractivity (Wildman–Crippen MR) is 113 cm³/mol. The molecule has 9 heteroatoms. The number of nitrogens with one attached hydrogen (secondary N) is 1. The van der Waals surface area contributed by atoms with Gasteiger partial charge in [0.25, 0.3) is 0 Å². The number of anilines is 3. The van der Waals surface area contributed by atoms with Gasteiger partial charge in [-0.25, -0.2) is 24.3 Å². The summed E-state index contributed by atoms with van der Waals surface area (Å²) in [6.45, 7) is 0.713. The molecule has 1 aliphatic carbocycles. The topological polar surface area (TPSA) is 92.9 Å². The highest BCUT2D eigenvalue weighted by Crippen LogP contribution is 2.30. The predicted octanol–water partition coefficient (Wildman–Crippen LogP) is 3.91. The molecule has 0 amide bonds. The minimum atomic E-state index is -0.473. The molecule has 1 aliphatic rings. The van der Waals surface area contributed by atoms with Crippen molar-refractivity contribution >= 4 is 40.1 Å². The molecule has 1 aromatic carbocycles. The normalized spacial score (nSPS) is 19.3. The first kappa shape index (κ1) is 19.7. The molecule has 152 valence electrons. The van der Waals surface area contributed by atoms with Crippen LogP contribution in [0.1, 0.15) is 25.7 Å². The number of hydrogen-bond donors (Lipinski definition) is 2. The van der Waals surface area contributed by atoms with E-state index in [1.807, 2.05) is 7.05 Å². The van der Waals surface area contributed by atoms with Crippen molar-refractivity contribution in [1.29, 1.82) is 0 Å². The van der Waals surface area contributed by atoms with E-state index in [1.54, 1.807) is 12.3 Å². The minimum absolute atomic E-state index is 0.0372. The molecule has 3 N–H and O–H groups in total. The third-order valence-corrected chi connectivity index (χ3v) is 5.79. The fourth-order valence-electron chi connectivity index (χ4n) is 3.81. The van der Waals surface area contributed by atoms with Gasteiger partial charge in [-0.1, -0.05) is 18.0 Å². The largest absolute Gasteiger partial charge is 0.341 e. The van der Waals surface area contributed by atoms with Gasteiger partial charge in [0.15, 0.2) is 5.82 Å². The van der Waals surface area contributed by atoms with E-state index >= 15 is 0 Å². The Labute approximate surface area is 173 Å². The fourth-order valence-corrected chi connectivity index (χ4v) is 3.99. The summed E-state index contributed by atoms with van der Waals surface area (Å²) in [5, 5.41) is 3.19. The lowest BCUT2D eigenvalue weighted by Gasteiger charge is -2.35. The summed E-state index contributed by atoms with van der Waals surface area (Å²) in [6.07, 6.45) is 7.61. The highest BCUT2D eigenvalue weighted by Gasteiger charge is 2.26. The van der Waals surface area contributed by atoms with Crippen LogP contribution in [0, 0.1) is 11.7 Å².